The first-order chi connectivity index (χ1) is 9.13. The lowest BCUT2D eigenvalue weighted by atomic mass is 10.1. The molecule has 0 spiro atoms. The fraction of sp³-hybridized carbons (Fsp3) is 0.231. The molecule has 0 saturated carbocycles. The molecule has 0 fully saturated rings. The maximum Gasteiger partial charge on any atom is 0.254 e. The predicted octanol–water partition coefficient (Wildman–Crippen LogP) is 1.38. The van der Waals surface area contributed by atoms with Crippen molar-refractivity contribution < 1.29 is 14.3 Å². The summed E-state index contributed by atoms with van der Waals surface area (Å²) < 4.78 is 14.5. The first-order valence-electron chi connectivity index (χ1n) is 5.94. The summed E-state index contributed by atoms with van der Waals surface area (Å²) in [6.45, 7) is 1.46. The molecule has 1 N–H and O–H groups in total. The number of aromatic nitrogens is 2. The molecule has 1 aromatic heterocycles. The van der Waals surface area contributed by atoms with E-state index < -0.39 is 0 Å². The van der Waals surface area contributed by atoms with Crippen molar-refractivity contribution in [3.05, 3.63) is 47.4 Å². The van der Waals surface area contributed by atoms with Crippen LogP contribution in [0.3, 0.4) is 0 Å². The molecule has 19 heavy (non-hydrogen) atoms. The molecule has 0 saturated heterocycles. The number of aromatic hydroxyl groups is 1. The van der Waals surface area contributed by atoms with E-state index in [1.807, 2.05) is 0 Å². The maximum absolute atomic E-state index is 12.8. The minimum atomic E-state index is -0.363. The Morgan fingerprint density at radius 2 is 2.00 bits per heavy atom. The largest absolute Gasteiger partial charge is 0.492 e. The van der Waals surface area contributed by atoms with Crippen molar-refractivity contribution in [3.63, 3.8) is 0 Å². The Balaban J connectivity index is 1.81. The Bertz CT molecular complexity index is 621. The van der Waals surface area contributed by atoms with Crippen LogP contribution in [-0.4, -0.2) is 32.2 Å². The average Bonchev–Trinajstić information content (AvgIpc) is 2.77. The van der Waals surface area contributed by atoms with Crippen LogP contribution < -0.4 is 0 Å². The Labute approximate surface area is 108 Å². The number of rotatable bonds is 1. The van der Waals surface area contributed by atoms with E-state index in [1.165, 1.54) is 24.3 Å². The van der Waals surface area contributed by atoms with E-state index in [9.17, 15) is 14.3 Å². The zero-order chi connectivity index (χ0) is 13.4. The molecular weight excluding hydrogens is 249 g/mol. The average molecular weight is 261 g/mol. The maximum atomic E-state index is 12.8. The Hall–Kier alpha value is -2.37. The van der Waals surface area contributed by atoms with Gasteiger partial charge in [0.2, 0.25) is 5.88 Å². The van der Waals surface area contributed by atoms with Gasteiger partial charge < -0.3 is 10.0 Å². The SMILES string of the molecule is O=C(c1ccc(F)cc1)N1CCn2nc(O)cc2C1. The zero-order valence-electron chi connectivity index (χ0n) is 10.1. The van der Waals surface area contributed by atoms with Crippen LogP contribution in [0, 0.1) is 5.82 Å². The van der Waals surface area contributed by atoms with Crippen LogP contribution in [0.4, 0.5) is 4.39 Å². The first-order valence-corrected chi connectivity index (χ1v) is 5.94. The molecular formula is C13H12FN3O2. The van der Waals surface area contributed by atoms with Gasteiger partial charge in [-0.15, -0.1) is 5.10 Å². The highest BCUT2D eigenvalue weighted by atomic mass is 19.1. The third-order valence-corrected chi connectivity index (χ3v) is 3.16. The highest BCUT2D eigenvalue weighted by molar-refractivity contribution is 5.94. The second kappa shape index (κ2) is 4.38. The number of fused-ring (bicyclic) bond motifs is 1. The van der Waals surface area contributed by atoms with E-state index in [0.29, 0.717) is 25.2 Å². The highest BCUT2D eigenvalue weighted by Gasteiger charge is 2.23. The molecule has 0 bridgehead atoms. The summed E-state index contributed by atoms with van der Waals surface area (Å²) in [7, 11) is 0. The van der Waals surface area contributed by atoms with Crippen molar-refractivity contribution >= 4 is 5.91 Å². The molecule has 5 nitrogen and oxygen atoms in total. The van der Waals surface area contributed by atoms with Crippen LogP contribution >= 0.6 is 0 Å². The molecule has 1 amide bonds. The standard InChI is InChI=1S/C13H12FN3O2/c14-10-3-1-9(2-4-10)13(19)16-5-6-17-11(8-16)7-12(18)15-17/h1-4,7H,5-6,8H2,(H,15,18). The molecule has 0 radical (unpaired) electrons. The van der Waals surface area contributed by atoms with Crippen molar-refractivity contribution in [2.75, 3.05) is 6.54 Å². The molecule has 1 aliphatic rings. The van der Waals surface area contributed by atoms with Crippen LogP contribution in [0.15, 0.2) is 30.3 Å². The van der Waals surface area contributed by atoms with E-state index in [2.05, 4.69) is 5.10 Å². The summed E-state index contributed by atoms with van der Waals surface area (Å²) in [6, 6.07) is 7.03. The Morgan fingerprint density at radius 3 is 2.74 bits per heavy atom. The lowest BCUT2D eigenvalue weighted by molar-refractivity contribution is 0.0706. The molecule has 3 rings (SSSR count). The van der Waals surface area contributed by atoms with E-state index in [-0.39, 0.29) is 17.6 Å². The van der Waals surface area contributed by atoms with Gasteiger partial charge in [0, 0.05) is 18.2 Å². The fourth-order valence-electron chi connectivity index (χ4n) is 2.20. The van der Waals surface area contributed by atoms with E-state index in [4.69, 9.17) is 0 Å². The number of benzene rings is 1. The second-order valence-electron chi connectivity index (χ2n) is 4.45. The van der Waals surface area contributed by atoms with Gasteiger partial charge in [0.05, 0.1) is 18.8 Å². The number of halogens is 1. The van der Waals surface area contributed by atoms with E-state index >= 15 is 0 Å². The third kappa shape index (κ3) is 2.16. The summed E-state index contributed by atoms with van der Waals surface area (Å²) >= 11 is 0. The lowest BCUT2D eigenvalue weighted by Crippen LogP contribution is -2.38. The number of hydrogen-bond acceptors (Lipinski definition) is 3. The number of amides is 1. The molecule has 1 aliphatic heterocycles. The summed E-state index contributed by atoms with van der Waals surface area (Å²) in [5, 5.41) is 13.2. The number of carbonyl (C=O) groups excluding carboxylic acids is 1. The van der Waals surface area contributed by atoms with Crippen molar-refractivity contribution in [2.24, 2.45) is 0 Å². The van der Waals surface area contributed by atoms with Gasteiger partial charge in [-0.2, -0.15) is 0 Å². The molecule has 0 unspecified atom stereocenters. The third-order valence-electron chi connectivity index (χ3n) is 3.16. The van der Waals surface area contributed by atoms with Crippen LogP contribution in [0.2, 0.25) is 0 Å². The van der Waals surface area contributed by atoms with Crippen molar-refractivity contribution in [3.8, 4) is 5.88 Å². The molecule has 2 heterocycles. The topological polar surface area (TPSA) is 58.4 Å². The summed E-state index contributed by atoms with van der Waals surface area (Å²) in [6.07, 6.45) is 0. The van der Waals surface area contributed by atoms with E-state index in [0.717, 1.165) is 5.69 Å². The van der Waals surface area contributed by atoms with Crippen molar-refractivity contribution in [1.29, 1.82) is 0 Å². The summed E-state index contributed by atoms with van der Waals surface area (Å²) in [5.74, 6) is -0.545. The van der Waals surface area contributed by atoms with Gasteiger partial charge in [0.15, 0.2) is 0 Å². The summed E-state index contributed by atoms with van der Waals surface area (Å²) in [5.41, 5.74) is 1.25. The Kier molecular flexibility index (Phi) is 2.70. The smallest absolute Gasteiger partial charge is 0.254 e. The van der Waals surface area contributed by atoms with Gasteiger partial charge >= 0.3 is 0 Å². The van der Waals surface area contributed by atoms with Crippen molar-refractivity contribution in [1.82, 2.24) is 14.7 Å². The predicted molar refractivity (Wildman–Crippen MR) is 65.0 cm³/mol. The monoisotopic (exact) mass is 261 g/mol. The highest BCUT2D eigenvalue weighted by Crippen LogP contribution is 2.18. The van der Waals surface area contributed by atoms with Crippen LogP contribution in [0.25, 0.3) is 0 Å². The molecule has 2 aromatic rings. The minimum Gasteiger partial charge on any atom is -0.492 e. The minimum absolute atomic E-state index is 0.0360. The van der Waals surface area contributed by atoms with Gasteiger partial charge in [-0.3, -0.25) is 9.48 Å². The molecule has 0 aliphatic carbocycles. The van der Waals surface area contributed by atoms with Crippen molar-refractivity contribution in [2.45, 2.75) is 13.1 Å². The fourth-order valence-corrected chi connectivity index (χ4v) is 2.20. The summed E-state index contributed by atoms with van der Waals surface area (Å²) in [4.78, 5) is 13.9. The first kappa shape index (κ1) is 11.7. The lowest BCUT2D eigenvalue weighted by Gasteiger charge is -2.27. The van der Waals surface area contributed by atoms with Crippen LogP contribution in [0.5, 0.6) is 5.88 Å². The van der Waals surface area contributed by atoms with Gasteiger partial charge in [-0.05, 0) is 24.3 Å². The number of carbonyl (C=O) groups is 1. The number of nitrogens with zero attached hydrogens (tertiary/aromatic N) is 3. The van der Waals surface area contributed by atoms with Crippen LogP contribution in [-0.2, 0) is 13.1 Å². The van der Waals surface area contributed by atoms with Gasteiger partial charge in [0.25, 0.3) is 5.91 Å². The molecule has 1 aromatic carbocycles. The van der Waals surface area contributed by atoms with Gasteiger partial charge in [-0.1, -0.05) is 0 Å². The van der Waals surface area contributed by atoms with Crippen LogP contribution in [0.1, 0.15) is 16.1 Å². The van der Waals surface area contributed by atoms with E-state index in [1.54, 1.807) is 15.6 Å². The molecule has 98 valence electrons. The normalized spacial score (nSPS) is 14.3. The molecule has 0 atom stereocenters. The Morgan fingerprint density at radius 1 is 1.26 bits per heavy atom. The number of hydrogen-bond donors (Lipinski definition) is 1. The quantitative estimate of drug-likeness (QED) is 0.843. The van der Waals surface area contributed by atoms with Gasteiger partial charge in [0.1, 0.15) is 5.82 Å². The second-order valence-corrected chi connectivity index (χ2v) is 4.45. The van der Waals surface area contributed by atoms with Gasteiger partial charge in [-0.25, -0.2) is 4.39 Å². The zero-order valence-corrected chi connectivity index (χ0v) is 10.1. The molecule has 6 heteroatoms.